The molecule has 19 heavy (non-hydrogen) atoms. The van der Waals surface area contributed by atoms with Gasteiger partial charge in [-0.25, -0.2) is 0 Å². The molecule has 3 N–H and O–H groups in total. The maximum absolute atomic E-state index is 12.4. The van der Waals surface area contributed by atoms with Crippen LogP contribution in [0.25, 0.3) is 0 Å². The second-order valence-electron chi connectivity index (χ2n) is 5.54. The molecule has 1 aliphatic rings. The summed E-state index contributed by atoms with van der Waals surface area (Å²) in [4.78, 5) is 14.2. The molecule has 1 aromatic rings. The smallest absolute Gasteiger partial charge is 0.253 e. The molecule has 1 unspecified atom stereocenters. The number of carbonyl (C=O) groups is 1. The van der Waals surface area contributed by atoms with Crippen LogP contribution in [0.5, 0.6) is 0 Å². The van der Waals surface area contributed by atoms with Gasteiger partial charge in [0.25, 0.3) is 5.91 Å². The highest BCUT2D eigenvalue weighted by Crippen LogP contribution is 2.22. The first kappa shape index (κ1) is 14.0. The Bertz CT molecular complexity index is 440. The number of hydrogen-bond acceptors (Lipinski definition) is 3. The molecule has 1 atom stereocenters. The second kappa shape index (κ2) is 5.72. The van der Waals surface area contributed by atoms with Gasteiger partial charge in [-0.1, -0.05) is 12.1 Å². The molecule has 0 bridgehead atoms. The van der Waals surface area contributed by atoms with Crippen LogP contribution in [-0.2, 0) is 6.54 Å². The Hall–Kier alpha value is -1.39. The number of nitrogens with two attached hydrogens (primary N) is 1. The number of benzene rings is 1. The number of aliphatic hydroxyl groups is 1. The van der Waals surface area contributed by atoms with E-state index in [-0.39, 0.29) is 5.91 Å². The van der Waals surface area contributed by atoms with E-state index in [0.717, 1.165) is 18.4 Å². The quantitative estimate of drug-likeness (QED) is 0.849. The maximum atomic E-state index is 12.4. The highest BCUT2D eigenvalue weighted by molar-refractivity contribution is 5.94. The normalized spacial score (nSPS) is 24.1. The van der Waals surface area contributed by atoms with Crippen LogP contribution in [0.3, 0.4) is 0 Å². The van der Waals surface area contributed by atoms with E-state index in [4.69, 9.17) is 5.73 Å². The Balaban J connectivity index is 2.06. The molecule has 1 amide bonds. The monoisotopic (exact) mass is 262 g/mol. The second-order valence-corrected chi connectivity index (χ2v) is 5.54. The SMILES string of the molecule is CC1(O)CCCN(C(=O)c2ccc(CN)cc2)CC1. The lowest BCUT2D eigenvalue weighted by atomic mass is 9.98. The summed E-state index contributed by atoms with van der Waals surface area (Å²) in [5, 5.41) is 10.0. The van der Waals surface area contributed by atoms with Crippen LogP contribution < -0.4 is 5.73 Å². The third-order valence-electron chi connectivity index (χ3n) is 3.79. The van der Waals surface area contributed by atoms with Gasteiger partial charge < -0.3 is 15.7 Å². The first-order valence-corrected chi connectivity index (χ1v) is 6.82. The van der Waals surface area contributed by atoms with E-state index >= 15 is 0 Å². The van der Waals surface area contributed by atoms with Crippen molar-refractivity contribution in [2.45, 2.75) is 38.3 Å². The molecular weight excluding hydrogens is 240 g/mol. The Morgan fingerprint density at radius 1 is 1.32 bits per heavy atom. The lowest BCUT2D eigenvalue weighted by Crippen LogP contribution is -2.33. The van der Waals surface area contributed by atoms with Gasteiger partial charge in [0.1, 0.15) is 0 Å². The summed E-state index contributed by atoms with van der Waals surface area (Å²) in [5.74, 6) is 0.0428. The molecule has 1 aliphatic heterocycles. The van der Waals surface area contributed by atoms with Gasteiger partial charge in [0.15, 0.2) is 0 Å². The van der Waals surface area contributed by atoms with Crippen LogP contribution >= 0.6 is 0 Å². The van der Waals surface area contributed by atoms with Crippen molar-refractivity contribution in [3.63, 3.8) is 0 Å². The predicted molar refractivity (Wildman–Crippen MR) is 74.7 cm³/mol. The highest BCUT2D eigenvalue weighted by atomic mass is 16.3. The Labute approximate surface area is 114 Å². The van der Waals surface area contributed by atoms with Crippen molar-refractivity contribution in [3.8, 4) is 0 Å². The van der Waals surface area contributed by atoms with Crippen LogP contribution in [0.4, 0.5) is 0 Å². The lowest BCUT2D eigenvalue weighted by Gasteiger charge is -2.22. The average Bonchev–Trinajstić information content (AvgIpc) is 2.59. The minimum Gasteiger partial charge on any atom is -0.390 e. The number of hydrogen-bond donors (Lipinski definition) is 2. The minimum absolute atomic E-state index is 0.0428. The third-order valence-corrected chi connectivity index (χ3v) is 3.79. The van der Waals surface area contributed by atoms with Crippen LogP contribution in [0.15, 0.2) is 24.3 Å². The van der Waals surface area contributed by atoms with Gasteiger partial charge in [0, 0.05) is 25.2 Å². The molecule has 0 spiro atoms. The minimum atomic E-state index is -0.640. The van der Waals surface area contributed by atoms with Crippen LogP contribution in [-0.4, -0.2) is 34.6 Å². The van der Waals surface area contributed by atoms with E-state index in [1.165, 1.54) is 0 Å². The fourth-order valence-corrected chi connectivity index (χ4v) is 2.43. The number of amides is 1. The van der Waals surface area contributed by atoms with Gasteiger partial charge in [-0.05, 0) is 43.9 Å². The zero-order chi connectivity index (χ0) is 13.9. The fraction of sp³-hybridized carbons (Fsp3) is 0.533. The van der Waals surface area contributed by atoms with E-state index < -0.39 is 5.60 Å². The van der Waals surface area contributed by atoms with Gasteiger partial charge in [0.2, 0.25) is 0 Å². The summed E-state index contributed by atoms with van der Waals surface area (Å²) in [5.41, 5.74) is 6.62. The molecule has 0 saturated carbocycles. The van der Waals surface area contributed by atoms with Crippen molar-refractivity contribution in [1.82, 2.24) is 4.90 Å². The molecule has 1 aromatic carbocycles. The van der Waals surface area contributed by atoms with Crippen LogP contribution in [0.1, 0.15) is 42.1 Å². The van der Waals surface area contributed by atoms with Crippen molar-refractivity contribution >= 4 is 5.91 Å². The Morgan fingerprint density at radius 2 is 2.00 bits per heavy atom. The average molecular weight is 262 g/mol. The standard InChI is InChI=1S/C15H22N2O2/c1-15(19)7-2-9-17(10-8-15)14(18)13-5-3-12(11-16)4-6-13/h3-6,19H,2,7-11,16H2,1H3. The molecule has 1 saturated heterocycles. The molecule has 0 aliphatic carbocycles. The molecule has 4 nitrogen and oxygen atoms in total. The van der Waals surface area contributed by atoms with Crippen molar-refractivity contribution in [3.05, 3.63) is 35.4 Å². The number of carbonyl (C=O) groups excluding carboxylic acids is 1. The Morgan fingerprint density at radius 3 is 2.63 bits per heavy atom. The first-order chi connectivity index (χ1) is 9.02. The molecule has 0 aromatic heterocycles. The summed E-state index contributed by atoms with van der Waals surface area (Å²) in [6, 6.07) is 7.43. The Kier molecular flexibility index (Phi) is 4.22. The summed E-state index contributed by atoms with van der Waals surface area (Å²) < 4.78 is 0. The van der Waals surface area contributed by atoms with Gasteiger partial charge >= 0.3 is 0 Å². The molecular formula is C15H22N2O2. The number of rotatable bonds is 2. The van der Waals surface area contributed by atoms with E-state index in [1.54, 1.807) is 0 Å². The summed E-state index contributed by atoms with van der Waals surface area (Å²) >= 11 is 0. The van der Waals surface area contributed by atoms with Gasteiger partial charge in [-0.15, -0.1) is 0 Å². The molecule has 2 rings (SSSR count). The molecule has 0 radical (unpaired) electrons. The van der Waals surface area contributed by atoms with E-state index in [2.05, 4.69) is 0 Å². The molecule has 104 valence electrons. The summed E-state index contributed by atoms with van der Waals surface area (Å²) in [6.07, 6.45) is 2.24. The topological polar surface area (TPSA) is 66.6 Å². The van der Waals surface area contributed by atoms with Gasteiger partial charge in [-0.3, -0.25) is 4.79 Å². The number of nitrogens with zero attached hydrogens (tertiary/aromatic N) is 1. The predicted octanol–water partition coefficient (Wildman–Crippen LogP) is 1.52. The highest BCUT2D eigenvalue weighted by Gasteiger charge is 2.27. The molecule has 1 fully saturated rings. The zero-order valence-corrected chi connectivity index (χ0v) is 11.4. The lowest BCUT2D eigenvalue weighted by molar-refractivity contribution is 0.0438. The van der Waals surface area contributed by atoms with Crippen molar-refractivity contribution in [2.24, 2.45) is 5.73 Å². The summed E-state index contributed by atoms with van der Waals surface area (Å²) in [6.45, 7) is 3.66. The van der Waals surface area contributed by atoms with Gasteiger partial charge in [0.05, 0.1) is 5.60 Å². The van der Waals surface area contributed by atoms with E-state index in [1.807, 2.05) is 36.1 Å². The number of likely N-dealkylation sites (tertiary alicyclic amines) is 1. The van der Waals surface area contributed by atoms with Gasteiger partial charge in [-0.2, -0.15) is 0 Å². The van der Waals surface area contributed by atoms with Crippen LogP contribution in [0.2, 0.25) is 0 Å². The third kappa shape index (κ3) is 3.55. The molecule has 1 heterocycles. The largest absolute Gasteiger partial charge is 0.390 e. The summed E-state index contributed by atoms with van der Waals surface area (Å²) in [7, 11) is 0. The van der Waals surface area contributed by atoms with Crippen LogP contribution in [0, 0.1) is 0 Å². The van der Waals surface area contributed by atoms with E-state index in [9.17, 15) is 9.90 Å². The fourth-order valence-electron chi connectivity index (χ4n) is 2.43. The van der Waals surface area contributed by atoms with Crippen molar-refractivity contribution in [2.75, 3.05) is 13.1 Å². The zero-order valence-electron chi connectivity index (χ0n) is 11.4. The van der Waals surface area contributed by atoms with E-state index in [0.29, 0.717) is 31.6 Å². The molecule has 4 heteroatoms. The van der Waals surface area contributed by atoms with Crippen molar-refractivity contribution < 1.29 is 9.90 Å². The maximum Gasteiger partial charge on any atom is 0.253 e. The first-order valence-electron chi connectivity index (χ1n) is 6.82. The van der Waals surface area contributed by atoms with Crippen molar-refractivity contribution in [1.29, 1.82) is 0 Å².